The third-order valence-electron chi connectivity index (χ3n) is 8.89. The van der Waals surface area contributed by atoms with Gasteiger partial charge in [0, 0.05) is 0 Å². The van der Waals surface area contributed by atoms with Crippen molar-refractivity contribution in [2.45, 2.75) is 69.2 Å². The van der Waals surface area contributed by atoms with Gasteiger partial charge in [0.15, 0.2) is 23.2 Å². The van der Waals surface area contributed by atoms with E-state index in [1.165, 1.54) is 15.5 Å². The third kappa shape index (κ3) is 7.40. The second-order valence-corrected chi connectivity index (χ2v) is 15.7. The van der Waals surface area contributed by atoms with Crippen LogP contribution in [0.25, 0.3) is 22.2 Å². The molecule has 2 fully saturated rings. The Labute approximate surface area is 302 Å². The van der Waals surface area contributed by atoms with Gasteiger partial charge in [0.1, 0.15) is 60.5 Å². The molecule has 7 rings (SSSR count). The van der Waals surface area contributed by atoms with E-state index >= 15 is 0 Å². The Bertz CT molecular complexity index is 2230. The Balaban J connectivity index is 0.965. The van der Waals surface area contributed by atoms with Gasteiger partial charge in [-0.1, -0.05) is 0 Å². The SMILES string of the molecule is Cc1cc2nc3c([n+](C[C@H](O)[C@H](O)[C@H](O)COP(=O)(O)OP(=O)(O)OC[C@H]4O[C@@H](n5cnc6c(N)ncnc65)[C@H](O)[C@@H]4O)c2cc1C)N[C@]1(NO1)NC3=O. The number of aliphatic hydroxyl groups is 5. The van der Waals surface area contributed by atoms with Gasteiger partial charge in [-0.15, -0.1) is 5.48 Å². The highest BCUT2D eigenvalue weighted by atomic mass is 31.3. The van der Waals surface area contributed by atoms with E-state index in [0.717, 1.165) is 17.5 Å². The molecule has 4 aromatic rings. The number of hydroxylamine groups is 1. The molecule has 0 radical (unpaired) electrons. The molecule has 54 heavy (non-hydrogen) atoms. The number of ether oxygens (including phenoxy) is 1. The Morgan fingerprint density at radius 1 is 1.04 bits per heavy atom. The molecule has 2 unspecified atom stereocenters. The molecule has 0 aliphatic carbocycles. The highest BCUT2D eigenvalue weighted by Crippen LogP contribution is 2.60. The standard InChI is InChI=1S/C27H34N10O15P2/c1-10-3-12-13(4-11(10)2)36(24-18(32-12)25(43)34-27(33-24)35-51-27)5-14(38)19(40)15(39)6-48-53(44,45)52-54(46,47)49-7-16-20(41)21(42)26(50-16)37-9-31-17-22(28)29-8-30-23(17)37/h3-4,8-9,14-16,19-21,26,35,38-42H,5-7H2,1-2H3,(H5,28,29,30,34,43,44,45,46,47)/p+1/t14-,15+,16+,19-,20+,21+,26+,27+/m0/s1. The first-order valence-corrected chi connectivity index (χ1v) is 18.9. The number of amides is 1. The predicted molar refractivity (Wildman–Crippen MR) is 176 cm³/mol. The van der Waals surface area contributed by atoms with Crippen LogP contribution < -0.4 is 26.4 Å². The number of nitrogens with two attached hydrogens (primary N) is 1. The van der Waals surface area contributed by atoms with Crippen molar-refractivity contribution in [1.29, 1.82) is 0 Å². The molecule has 3 aromatic heterocycles. The lowest BCUT2D eigenvalue weighted by atomic mass is 10.1. The van der Waals surface area contributed by atoms with Crippen molar-refractivity contribution in [3.63, 3.8) is 0 Å². The van der Waals surface area contributed by atoms with Crippen molar-refractivity contribution in [3.05, 3.63) is 41.6 Å². The van der Waals surface area contributed by atoms with Gasteiger partial charge in [0.2, 0.25) is 5.69 Å². The Morgan fingerprint density at radius 3 is 2.46 bits per heavy atom. The van der Waals surface area contributed by atoms with Crippen LogP contribution in [0.5, 0.6) is 0 Å². The summed E-state index contributed by atoms with van der Waals surface area (Å²) in [6.07, 6.45) is -9.69. The van der Waals surface area contributed by atoms with Crippen LogP contribution in [0.2, 0.25) is 0 Å². The zero-order chi connectivity index (χ0) is 38.9. The highest BCUT2D eigenvalue weighted by molar-refractivity contribution is 7.61. The first-order chi connectivity index (χ1) is 25.4. The molecule has 12 N–H and O–H groups in total. The average Bonchev–Trinajstić information content (AvgIpc) is 3.59. The van der Waals surface area contributed by atoms with Crippen molar-refractivity contribution >= 4 is 55.4 Å². The zero-order valence-electron chi connectivity index (χ0n) is 28.0. The summed E-state index contributed by atoms with van der Waals surface area (Å²) in [4.78, 5) is 54.5. The highest BCUT2D eigenvalue weighted by Gasteiger charge is 2.58. The Morgan fingerprint density at radius 2 is 1.74 bits per heavy atom. The van der Waals surface area contributed by atoms with Crippen LogP contribution in [0.15, 0.2) is 24.8 Å². The van der Waals surface area contributed by atoms with E-state index < -0.39 is 90.1 Å². The number of aliphatic hydroxyl groups excluding tert-OH is 5. The molecule has 25 nitrogen and oxygen atoms in total. The van der Waals surface area contributed by atoms with Crippen LogP contribution in [0, 0.1) is 13.8 Å². The van der Waals surface area contributed by atoms with Crippen molar-refractivity contribution in [2.75, 3.05) is 24.3 Å². The zero-order valence-corrected chi connectivity index (χ0v) is 29.8. The number of aromatic nitrogens is 6. The largest absolute Gasteiger partial charge is 0.481 e. The molecular formula is C27H35N10O15P2+. The molecule has 3 aliphatic rings. The van der Waals surface area contributed by atoms with E-state index in [1.807, 2.05) is 13.8 Å². The number of phosphoric acid groups is 2. The van der Waals surface area contributed by atoms with Gasteiger partial charge >= 0.3 is 27.4 Å². The number of nitrogens with one attached hydrogen (secondary N) is 3. The first-order valence-electron chi connectivity index (χ1n) is 15.9. The van der Waals surface area contributed by atoms with E-state index in [9.17, 15) is 49.2 Å². The van der Waals surface area contributed by atoms with Gasteiger partial charge in [-0.05, 0) is 37.1 Å². The fourth-order valence-corrected chi connectivity index (χ4v) is 7.97. The summed E-state index contributed by atoms with van der Waals surface area (Å²) in [5, 5.41) is 58.9. The third-order valence-corrected chi connectivity index (χ3v) is 11.5. The molecule has 3 aliphatic heterocycles. The van der Waals surface area contributed by atoms with Gasteiger partial charge < -0.3 is 45.8 Å². The number of hydrogen-bond donors (Lipinski definition) is 11. The minimum absolute atomic E-state index is 0.0364. The van der Waals surface area contributed by atoms with Crippen LogP contribution >= 0.6 is 15.6 Å². The van der Waals surface area contributed by atoms with Crippen molar-refractivity contribution in [2.24, 2.45) is 0 Å². The molecule has 1 spiro atoms. The summed E-state index contributed by atoms with van der Waals surface area (Å²) >= 11 is 0. The number of rotatable bonds is 13. The Hall–Kier alpha value is -3.88. The molecule has 27 heteroatoms. The minimum Gasteiger partial charge on any atom is -0.388 e. The normalized spacial score (nSPS) is 27.5. The fraction of sp³-hybridized carbons (Fsp3) is 0.481. The molecule has 1 aromatic carbocycles. The minimum atomic E-state index is -5.52. The summed E-state index contributed by atoms with van der Waals surface area (Å²) in [5.74, 6) is -1.91. The van der Waals surface area contributed by atoms with Crippen molar-refractivity contribution < 1.29 is 76.7 Å². The van der Waals surface area contributed by atoms with Gasteiger partial charge in [-0.2, -0.15) is 4.31 Å². The van der Waals surface area contributed by atoms with E-state index in [-0.39, 0.29) is 28.5 Å². The van der Waals surface area contributed by atoms with Crippen LogP contribution in [-0.4, -0.2) is 122 Å². The maximum Gasteiger partial charge on any atom is 0.481 e. The second-order valence-electron chi connectivity index (χ2n) is 12.7. The molecule has 1 amide bonds. The van der Waals surface area contributed by atoms with Crippen LogP contribution in [0.3, 0.4) is 0 Å². The smallest absolute Gasteiger partial charge is 0.388 e. The van der Waals surface area contributed by atoms with E-state index in [4.69, 9.17) is 19.8 Å². The number of hydrogen-bond acceptors (Lipinski definition) is 20. The second kappa shape index (κ2) is 14.0. The number of phosphoric ester groups is 2. The topological polar surface area (TPSA) is 375 Å². The monoisotopic (exact) mass is 801 g/mol. The Kier molecular flexibility index (Phi) is 9.96. The number of nitrogens with zero attached hydrogens (tertiary/aromatic N) is 6. The number of fused-ring (bicyclic) bond motifs is 3. The molecule has 0 saturated carbocycles. The molecule has 0 bridgehead atoms. The lowest BCUT2D eigenvalue weighted by Crippen LogP contribution is -2.58. The van der Waals surface area contributed by atoms with Crippen molar-refractivity contribution in [3.8, 4) is 0 Å². The molecule has 292 valence electrons. The summed E-state index contributed by atoms with van der Waals surface area (Å²) in [6, 6.07) is 3.46. The van der Waals surface area contributed by atoms with E-state index in [2.05, 4.69) is 44.9 Å². The van der Waals surface area contributed by atoms with E-state index in [0.29, 0.717) is 11.0 Å². The van der Waals surface area contributed by atoms with Crippen LogP contribution in [-0.2, 0) is 38.6 Å². The number of imidazole rings is 1. The lowest BCUT2D eigenvalue weighted by Gasteiger charge is -2.25. The first kappa shape index (κ1) is 38.4. The van der Waals surface area contributed by atoms with Crippen LogP contribution in [0.1, 0.15) is 27.8 Å². The summed E-state index contributed by atoms with van der Waals surface area (Å²) in [6.45, 7) is 1.06. The lowest BCUT2D eigenvalue weighted by molar-refractivity contribution is -0.667. The number of nitrogen functional groups attached to an aromatic ring is 1. The van der Waals surface area contributed by atoms with Gasteiger partial charge in [0.05, 0.1) is 19.5 Å². The van der Waals surface area contributed by atoms with Gasteiger partial charge in [0.25, 0.3) is 5.91 Å². The van der Waals surface area contributed by atoms with Gasteiger partial charge in [-0.3, -0.25) is 23.7 Å². The van der Waals surface area contributed by atoms with Crippen LogP contribution in [0.4, 0.5) is 11.6 Å². The summed E-state index contributed by atoms with van der Waals surface area (Å²) < 4.78 is 47.0. The number of carbonyl (C=O) groups is 1. The molecule has 6 heterocycles. The average molecular weight is 802 g/mol. The number of benzene rings is 1. The van der Waals surface area contributed by atoms with E-state index in [1.54, 1.807) is 12.1 Å². The van der Waals surface area contributed by atoms with Gasteiger partial charge in [-0.25, -0.2) is 43.8 Å². The fourth-order valence-electron chi connectivity index (χ4n) is 5.88. The summed E-state index contributed by atoms with van der Waals surface area (Å²) in [7, 11) is -11.0. The molecule has 10 atom stereocenters. The molecular weight excluding hydrogens is 766 g/mol. The number of aryl methyl sites for hydroxylation is 2. The maximum atomic E-state index is 12.9. The quantitative estimate of drug-likeness (QED) is 0.0360. The predicted octanol–water partition coefficient (Wildman–Crippen LogP) is -3.18. The van der Waals surface area contributed by atoms with Crippen molar-refractivity contribution in [1.82, 2.24) is 35.3 Å². The number of anilines is 2. The number of carbonyl (C=O) groups excluding carboxylic acids is 1. The maximum absolute atomic E-state index is 12.9. The summed E-state index contributed by atoms with van der Waals surface area (Å²) in [5.41, 5.74) is 11.0. The molecule has 2 saturated heterocycles.